The van der Waals surface area contributed by atoms with E-state index in [0.717, 1.165) is 5.82 Å². The van der Waals surface area contributed by atoms with E-state index in [2.05, 4.69) is 65.0 Å². The van der Waals surface area contributed by atoms with Gasteiger partial charge in [-0.15, -0.1) is 0 Å². The van der Waals surface area contributed by atoms with E-state index >= 15 is 0 Å². The van der Waals surface area contributed by atoms with E-state index in [1.807, 2.05) is 19.4 Å². The third-order valence-electron chi connectivity index (χ3n) is 3.49. The van der Waals surface area contributed by atoms with Gasteiger partial charge in [0.05, 0.1) is 12.6 Å². The number of rotatable bonds is 2. The van der Waals surface area contributed by atoms with Crippen molar-refractivity contribution < 1.29 is 4.57 Å². The summed E-state index contributed by atoms with van der Waals surface area (Å²) in [5.74, 6) is 1.12. The molecule has 0 saturated carbocycles. The van der Waals surface area contributed by atoms with E-state index in [1.165, 1.54) is 22.3 Å². The van der Waals surface area contributed by atoms with Crippen LogP contribution in [0.2, 0.25) is 0 Å². The summed E-state index contributed by atoms with van der Waals surface area (Å²) in [6, 6.07) is 17.2. The smallest absolute Gasteiger partial charge is 0.243 e. The lowest BCUT2D eigenvalue weighted by Crippen LogP contribution is -2.27. The molecule has 0 aliphatic carbocycles. The topological polar surface area (TPSA) is 19.7 Å². The molecule has 1 heterocycles. The second kappa shape index (κ2) is 4.73. The molecule has 19 heavy (non-hydrogen) atoms. The first kappa shape index (κ1) is 11.7. The molecule has 0 aliphatic rings. The fourth-order valence-electron chi connectivity index (χ4n) is 2.40. The van der Waals surface area contributed by atoms with Crippen LogP contribution in [0.25, 0.3) is 22.5 Å². The van der Waals surface area contributed by atoms with Crippen LogP contribution in [0.3, 0.4) is 0 Å². The maximum Gasteiger partial charge on any atom is 0.286 e. The van der Waals surface area contributed by atoms with Crippen LogP contribution in [-0.4, -0.2) is 4.98 Å². The van der Waals surface area contributed by atoms with Crippen molar-refractivity contribution in [1.29, 1.82) is 0 Å². The number of aromatic amines is 1. The van der Waals surface area contributed by atoms with Crippen molar-refractivity contribution in [3.05, 3.63) is 66.5 Å². The number of aromatic nitrogens is 2. The Balaban J connectivity index is 2.00. The Kier molecular flexibility index (Phi) is 2.92. The van der Waals surface area contributed by atoms with Crippen molar-refractivity contribution in [1.82, 2.24) is 4.98 Å². The molecule has 0 spiro atoms. The van der Waals surface area contributed by atoms with Crippen LogP contribution in [-0.2, 0) is 7.05 Å². The summed E-state index contributed by atoms with van der Waals surface area (Å²) in [4.78, 5) is 3.26. The van der Waals surface area contributed by atoms with Crippen molar-refractivity contribution in [2.75, 3.05) is 0 Å². The number of imidazole rings is 1. The van der Waals surface area contributed by atoms with Crippen molar-refractivity contribution in [2.45, 2.75) is 6.92 Å². The lowest BCUT2D eigenvalue weighted by atomic mass is 9.99. The van der Waals surface area contributed by atoms with Crippen molar-refractivity contribution >= 4 is 0 Å². The maximum atomic E-state index is 3.26. The third kappa shape index (κ3) is 2.17. The molecule has 0 amide bonds. The standard InChI is InChI=1S/C17H16N2/c1-13-5-3-4-6-16(13)14-7-9-15(10-8-14)17-18-11-12-19(17)2/h3-12H,1-2H3/p+1. The average Bonchev–Trinajstić information content (AvgIpc) is 2.86. The largest absolute Gasteiger partial charge is 0.286 e. The van der Waals surface area contributed by atoms with Crippen LogP contribution in [0.1, 0.15) is 5.56 Å². The Morgan fingerprint density at radius 3 is 2.21 bits per heavy atom. The molecule has 1 aromatic heterocycles. The van der Waals surface area contributed by atoms with Gasteiger partial charge in [0.1, 0.15) is 12.4 Å². The van der Waals surface area contributed by atoms with E-state index in [1.54, 1.807) is 0 Å². The molecule has 3 rings (SSSR count). The fourth-order valence-corrected chi connectivity index (χ4v) is 2.40. The minimum atomic E-state index is 1.12. The molecule has 0 aliphatic heterocycles. The minimum absolute atomic E-state index is 1.12. The Morgan fingerprint density at radius 1 is 0.895 bits per heavy atom. The molecule has 0 saturated heterocycles. The Labute approximate surface area is 113 Å². The van der Waals surface area contributed by atoms with Crippen molar-refractivity contribution in [3.8, 4) is 22.5 Å². The molecular weight excluding hydrogens is 232 g/mol. The molecule has 0 bridgehead atoms. The molecule has 94 valence electrons. The first-order chi connectivity index (χ1) is 9.25. The minimum Gasteiger partial charge on any atom is -0.243 e. The monoisotopic (exact) mass is 249 g/mol. The summed E-state index contributed by atoms with van der Waals surface area (Å²) >= 11 is 0. The lowest BCUT2D eigenvalue weighted by Gasteiger charge is -2.06. The second-order valence-electron chi connectivity index (χ2n) is 4.81. The van der Waals surface area contributed by atoms with Gasteiger partial charge in [0.25, 0.3) is 5.82 Å². The van der Waals surface area contributed by atoms with Crippen LogP contribution >= 0.6 is 0 Å². The van der Waals surface area contributed by atoms with E-state index in [9.17, 15) is 0 Å². The van der Waals surface area contributed by atoms with Crippen molar-refractivity contribution in [3.63, 3.8) is 0 Å². The van der Waals surface area contributed by atoms with E-state index < -0.39 is 0 Å². The summed E-state index contributed by atoms with van der Waals surface area (Å²) in [5.41, 5.74) is 5.06. The van der Waals surface area contributed by atoms with Gasteiger partial charge in [0.2, 0.25) is 0 Å². The SMILES string of the molecule is Cc1ccccc1-c1ccc(-c2[nH]cc[n+]2C)cc1. The summed E-state index contributed by atoms with van der Waals surface area (Å²) in [6.45, 7) is 2.15. The molecule has 0 atom stereocenters. The zero-order valence-electron chi connectivity index (χ0n) is 11.2. The molecule has 0 radical (unpaired) electrons. The van der Waals surface area contributed by atoms with Crippen LogP contribution in [0, 0.1) is 6.92 Å². The van der Waals surface area contributed by atoms with Gasteiger partial charge < -0.3 is 0 Å². The Hall–Kier alpha value is -2.35. The number of hydrogen-bond acceptors (Lipinski definition) is 0. The van der Waals surface area contributed by atoms with Crippen LogP contribution in [0.15, 0.2) is 60.9 Å². The maximum absolute atomic E-state index is 3.26. The molecule has 2 nitrogen and oxygen atoms in total. The predicted octanol–water partition coefficient (Wildman–Crippen LogP) is 3.48. The zero-order valence-corrected chi connectivity index (χ0v) is 11.2. The summed E-state index contributed by atoms with van der Waals surface area (Å²) < 4.78 is 2.09. The van der Waals surface area contributed by atoms with E-state index in [4.69, 9.17) is 0 Å². The summed E-state index contributed by atoms with van der Waals surface area (Å²) in [7, 11) is 2.04. The van der Waals surface area contributed by atoms with Gasteiger partial charge in [-0.3, -0.25) is 0 Å². The quantitative estimate of drug-likeness (QED) is 0.671. The number of hydrogen-bond donors (Lipinski definition) is 1. The highest BCUT2D eigenvalue weighted by Gasteiger charge is 2.10. The molecule has 0 fully saturated rings. The Morgan fingerprint density at radius 2 is 1.58 bits per heavy atom. The predicted molar refractivity (Wildman–Crippen MR) is 77.6 cm³/mol. The molecule has 2 aromatic carbocycles. The van der Waals surface area contributed by atoms with Gasteiger partial charge in [0, 0.05) is 0 Å². The molecule has 2 heteroatoms. The van der Waals surface area contributed by atoms with Crippen LogP contribution in [0.4, 0.5) is 0 Å². The Bertz CT molecular complexity index is 693. The van der Waals surface area contributed by atoms with Gasteiger partial charge in [-0.05, 0) is 35.7 Å². The van der Waals surface area contributed by atoms with Crippen LogP contribution < -0.4 is 4.57 Å². The first-order valence-electron chi connectivity index (χ1n) is 6.45. The van der Waals surface area contributed by atoms with Crippen LogP contribution in [0.5, 0.6) is 0 Å². The zero-order chi connectivity index (χ0) is 13.2. The highest BCUT2D eigenvalue weighted by atomic mass is 15.0. The van der Waals surface area contributed by atoms with Gasteiger partial charge in [0.15, 0.2) is 0 Å². The van der Waals surface area contributed by atoms with E-state index in [-0.39, 0.29) is 0 Å². The van der Waals surface area contributed by atoms with Gasteiger partial charge in [-0.1, -0.05) is 36.4 Å². The molecular formula is C17H17N2+. The molecule has 0 unspecified atom stereocenters. The lowest BCUT2D eigenvalue weighted by molar-refractivity contribution is -0.658. The normalized spacial score (nSPS) is 10.6. The van der Waals surface area contributed by atoms with Gasteiger partial charge in [-0.25, -0.2) is 9.55 Å². The second-order valence-corrected chi connectivity index (χ2v) is 4.81. The summed E-state index contributed by atoms with van der Waals surface area (Å²) in [5, 5.41) is 0. The number of nitrogens with one attached hydrogen (secondary N) is 1. The van der Waals surface area contributed by atoms with Crippen molar-refractivity contribution in [2.24, 2.45) is 7.05 Å². The summed E-state index contributed by atoms with van der Waals surface area (Å²) in [6.07, 6.45) is 3.97. The van der Waals surface area contributed by atoms with Gasteiger partial charge >= 0.3 is 0 Å². The van der Waals surface area contributed by atoms with E-state index in [0.29, 0.717) is 0 Å². The number of benzene rings is 2. The van der Waals surface area contributed by atoms with Gasteiger partial charge in [-0.2, -0.15) is 0 Å². The fraction of sp³-hybridized carbons (Fsp3) is 0.118. The number of H-pyrrole nitrogens is 1. The molecule has 1 N–H and O–H groups in total. The average molecular weight is 249 g/mol. The number of aryl methyl sites for hydroxylation is 2. The highest BCUT2D eigenvalue weighted by Crippen LogP contribution is 2.25. The third-order valence-corrected chi connectivity index (χ3v) is 3.49. The number of nitrogens with zero attached hydrogens (tertiary/aromatic N) is 1. The highest BCUT2D eigenvalue weighted by molar-refractivity contribution is 5.69. The first-order valence-corrected chi connectivity index (χ1v) is 6.45. The molecule has 3 aromatic rings.